The summed E-state index contributed by atoms with van der Waals surface area (Å²) < 4.78 is 68.3. The van der Waals surface area contributed by atoms with E-state index in [1.54, 1.807) is 24.3 Å². The fourth-order valence-electron chi connectivity index (χ4n) is 4.96. The molecule has 7 nitrogen and oxygen atoms in total. The molecule has 1 saturated heterocycles. The zero-order valence-corrected chi connectivity index (χ0v) is 19.3. The molecule has 0 saturated carbocycles. The molecule has 1 aliphatic carbocycles. The maximum absolute atomic E-state index is 13.9. The topological polar surface area (TPSA) is 87.2 Å². The minimum atomic E-state index is -4.78. The number of rotatable bonds is 6. The summed E-state index contributed by atoms with van der Waals surface area (Å²) in [6.45, 7) is 2.45. The quantitative estimate of drug-likeness (QED) is 0.653. The first kappa shape index (κ1) is 24.3. The largest absolute Gasteiger partial charge is 0.573 e. The highest BCUT2D eigenvalue weighted by molar-refractivity contribution is 7.90. The molecule has 1 aliphatic heterocycles. The lowest BCUT2D eigenvalue weighted by molar-refractivity contribution is -0.274. The van der Waals surface area contributed by atoms with E-state index < -0.39 is 33.1 Å². The maximum atomic E-state index is 13.9. The molecule has 1 heterocycles. The van der Waals surface area contributed by atoms with Gasteiger partial charge in [-0.25, -0.2) is 8.42 Å². The second-order valence-corrected chi connectivity index (χ2v) is 10.6. The van der Waals surface area contributed by atoms with Crippen molar-refractivity contribution in [3.05, 3.63) is 59.7 Å². The SMILES string of the molecule is CCC1CN(c2ccc(OC(F)(F)F)cc2)CCN1S(=O)(=O)C1(C(=O)O)CCc2ccccc21. The van der Waals surface area contributed by atoms with Crippen LogP contribution in [0.4, 0.5) is 18.9 Å². The molecule has 1 N–H and O–H groups in total. The van der Waals surface area contributed by atoms with Gasteiger partial charge in [-0.05, 0) is 54.7 Å². The smallest absolute Gasteiger partial charge is 0.480 e. The second-order valence-electron chi connectivity index (χ2n) is 8.45. The van der Waals surface area contributed by atoms with Crippen molar-refractivity contribution in [3.63, 3.8) is 0 Å². The summed E-state index contributed by atoms with van der Waals surface area (Å²) in [5, 5.41) is 10.2. The van der Waals surface area contributed by atoms with Crippen molar-refractivity contribution in [2.24, 2.45) is 0 Å². The van der Waals surface area contributed by atoms with E-state index in [-0.39, 0.29) is 31.8 Å². The summed E-state index contributed by atoms with van der Waals surface area (Å²) in [4.78, 5) is 14.4. The van der Waals surface area contributed by atoms with Crippen molar-refractivity contribution in [2.45, 2.75) is 43.3 Å². The van der Waals surface area contributed by atoms with Crippen LogP contribution in [0.2, 0.25) is 0 Å². The standard InChI is InChI=1S/C23H25F3N2O5S/c1-2-17-15-27(18-7-9-19(10-8-18)33-23(24,25)26)13-14-28(17)34(31,32)22(21(29)30)12-11-16-5-3-4-6-20(16)22/h3-10,17H,2,11-15H2,1H3,(H,29,30). The number of alkyl halides is 3. The van der Waals surface area contributed by atoms with Crippen LogP contribution in [0.1, 0.15) is 30.9 Å². The molecule has 0 spiro atoms. The third-order valence-electron chi connectivity index (χ3n) is 6.63. The summed E-state index contributed by atoms with van der Waals surface area (Å²) in [5.74, 6) is -1.72. The van der Waals surface area contributed by atoms with Crippen LogP contribution in [-0.2, 0) is 26.0 Å². The number of carboxylic acids is 1. The molecule has 1 fully saturated rings. The number of carbonyl (C=O) groups is 1. The van der Waals surface area contributed by atoms with Crippen molar-refractivity contribution >= 4 is 21.7 Å². The van der Waals surface area contributed by atoms with E-state index in [0.29, 0.717) is 24.1 Å². The van der Waals surface area contributed by atoms with Crippen LogP contribution in [-0.4, -0.2) is 55.8 Å². The van der Waals surface area contributed by atoms with Crippen molar-refractivity contribution in [2.75, 3.05) is 24.5 Å². The van der Waals surface area contributed by atoms with Crippen LogP contribution in [0.25, 0.3) is 0 Å². The van der Waals surface area contributed by atoms with Gasteiger partial charge in [0.15, 0.2) is 0 Å². The van der Waals surface area contributed by atoms with Crippen LogP contribution < -0.4 is 9.64 Å². The van der Waals surface area contributed by atoms with Gasteiger partial charge in [-0.3, -0.25) is 4.79 Å². The van der Waals surface area contributed by atoms with Crippen LogP contribution in [0, 0.1) is 0 Å². The maximum Gasteiger partial charge on any atom is 0.573 e. The number of aliphatic carboxylic acids is 1. The number of ether oxygens (including phenoxy) is 1. The minimum Gasteiger partial charge on any atom is -0.480 e. The third kappa shape index (κ3) is 4.11. The van der Waals surface area contributed by atoms with Gasteiger partial charge in [0.05, 0.1) is 0 Å². The van der Waals surface area contributed by atoms with Crippen molar-refractivity contribution < 1.29 is 36.2 Å². The Morgan fingerprint density at radius 1 is 1.15 bits per heavy atom. The summed E-state index contributed by atoms with van der Waals surface area (Å²) in [6.07, 6.45) is -4.00. The lowest BCUT2D eigenvalue weighted by Gasteiger charge is -2.44. The molecule has 2 aromatic rings. The highest BCUT2D eigenvalue weighted by Crippen LogP contribution is 2.46. The molecule has 4 rings (SSSR count). The molecule has 0 aromatic heterocycles. The Kier molecular flexibility index (Phi) is 6.28. The van der Waals surface area contributed by atoms with Gasteiger partial charge < -0.3 is 14.7 Å². The van der Waals surface area contributed by atoms with Crippen LogP contribution in [0.15, 0.2) is 48.5 Å². The molecule has 184 valence electrons. The normalized spacial score (nSPS) is 23.5. The number of carboxylic acid groups (broad SMARTS) is 1. The van der Waals surface area contributed by atoms with Crippen molar-refractivity contribution in [1.29, 1.82) is 0 Å². The number of piperazine rings is 1. The number of nitrogens with zero attached hydrogens (tertiary/aromatic N) is 2. The molecule has 0 bridgehead atoms. The van der Waals surface area contributed by atoms with E-state index in [1.165, 1.54) is 28.6 Å². The van der Waals surface area contributed by atoms with Crippen LogP contribution >= 0.6 is 0 Å². The average molecular weight is 499 g/mol. The number of aryl methyl sites for hydroxylation is 1. The number of sulfonamides is 1. The van der Waals surface area contributed by atoms with Gasteiger partial charge in [0.2, 0.25) is 14.8 Å². The van der Waals surface area contributed by atoms with Gasteiger partial charge in [-0.15, -0.1) is 13.2 Å². The van der Waals surface area contributed by atoms with E-state index >= 15 is 0 Å². The molecule has 11 heteroatoms. The van der Waals surface area contributed by atoms with Gasteiger partial charge in [-0.2, -0.15) is 4.31 Å². The second kappa shape index (κ2) is 8.77. The summed E-state index contributed by atoms with van der Waals surface area (Å²) >= 11 is 0. The zero-order valence-electron chi connectivity index (χ0n) is 18.5. The van der Waals surface area contributed by atoms with E-state index in [0.717, 1.165) is 5.56 Å². The number of hydrogen-bond acceptors (Lipinski definition) is 5. The van der Waals surface area contributed by atoms with Gasteiger partial charge >= 0.3 is 12.3 Å². The van der Waals surface area contributed by atoms with Crippen molar-refractivity contribution in [1.82, 2.24) is 4.31 Å². The Balaban J connectivity index is 1.59. The lowest BCUT2D eigenvalue weighted by atomic mass is 10.0. The molecule has 0 amide bonds. The fourth-order valence-corrected chi connectivity index (χ4v) is 7.35. The number of anilines is 1. The van der Waals surface area contributed by atoms with Gasteiger partial charge in [0.25, 0.3) is 0 Å². The number of halogens is 3. The van der Waals surface area contributed by atoms with Gasteiger partial charge in [0, 0.05) is 31.4 Å². The van der Waals surface area contributed by atoms with E-state index in [2.05, 4.69) is 4.74 Å². The number of hydrogen-bond donors (Lipinski definition) is 1. The molecule has 2 atom stereocenters. The molecule has 0 radical (unpaired) electrons. The molecule has 2 aliphatic rings. The molecule has 2 unspecified atom stereocenters. The Labute approximate surface area is 195 Å². The van der Waals surface area contributed by atoms with Gasteiger partial charge in [0.1, 0.15) is 5.75 Å². The fraction of sp³-hybridized carbons (Fsp3) is 0.435. The average Bonchev–Trinajstić information content (AvgIpc) is 3.19. The zero-order chi connectivity index (χ0) is 24.7. The summed E-state index contributed by atoms with van der Waals surface area (Å²) in [6, 6.07) is 11.7. The number of benzene rings is 2. The Bertz CT molecular complexity index is 1170. The monoisotopic (exact) mass is 498 g/mol. The predicted molar refractivity (Wildman–Crippen MR) is 119 cm³/mol. The highest BCUT2D eigenvalue weighted by atomic mass is 32.2. The third-order valence-corrected chi connectivity index (χ3v) is 9.21. The molecular weight excluding hydrogens is 473 g/mol. The van der Waals surface area contributed by atoms with Gasteiger partial charge in [-0.1, -0.05) is 31.2 Å². The molecule has 34 heavy (non-hydrogen) atoms. The first-order chi connectivity index (χ1) is 16.0. The summed E-state index contributed by atoms with van der Waals surface area (Å²) in [5.41, 5.74) is 1.67. The minimum absolute atomic E-state index is 0.0265. The Morgan fingerprint density at radius 2 is 1.82 bits per heavy atom. The van der Waals surface area contributed by atoms with Crippen LogP contribution in [0.3, 0.4) is 0 Å². The molecule has 2 aromatic carbocycles. The predicted octanol–water partition coefficient (Wildman–Crippen LogP) is 3.74. The summed E-state index contributed by atoms with van der Waals surface area (Å²) in [7, 11) is -4.27. The van der Waals surface area contributed by atoms with E-state index in [4.69, 9.17) is 0 Å². The van der Waals surface area contributed by atoms with E-state index in [9.17, 15) is 31.5 Å². The highest BCUT2D eigenvalue weighted by Gasteiger charge is 2.59. The Hall–Kier alpha value is -2.79. The first-order valence-electron chi connectivity index (χ1n) is 10.9. The molecular formula is C23H25F3N2O5S. The van der Waals surface area contributed by atoms with Crippen LogP contribution in [0.5, 0.6) is 5.75 Å². The van der Waals surface area contributed by atoms with Crippen molar-refractivity contribution in [3.8, 4) is 5.75 Å². The number of fused-ring (bicyclic) bond motifs is 1. The Morgan fingerprint density at radius 3 is 2.44 bits per heavy atom. The first-order valence-corrected chi connectivity index (χ1v) is 12.4. The lowest BCUT2D eigenvalue weighted by Crippen LogP contribution is -2.60. The van der Waals surface area contributed by atoms with E-state index in [1.807, 2.05) is 11.8 Å².